The zero-order valence-electron chi connectivity index (χ0n) is 15.1. The summed E-state index contributed by atoms with van der Waals surface area (Å²) in [6, 6.07) is 0. The largest absolute Gasteiger partial charge is 0.376 e. The van der Waals surface area contributed by atoms with E-state index >= 15 is 0 Å². The lowest BCUT2D eigenvalue weighted by atomic mass is 9.96. The van der Waals surface area contributed by atoms with Crippen LogP contribution >= 0.6 is 12.4 Å². The molecule has 8 heteroatoms. The molecule has 0 bridgehead atoms. The molecule has 3 atom stereocenters. The molecule has 2 amide bonds. The van der Waals surface area contributed by atoms with E-state index in [-0.39, 0.29) is 36.2 Å². The van der Waals surface area contributed by atoms with Gasteiger partial charge in [-0.2, -0.15) is 0 Å². The molecule has 0 aliphatic carbocycles. The van der Waals surface area contributed by atoms with Crippen molar-refractivity contribution in [2.75, 3.05) is 39.4 Å². The minimum atomic E-state index is -0.499. The lowest BCUT2D eigenvalue weighted by Crippen LogP contribution is -2.49. The van der Waals surface area contributed by atoms with Crippen molar-refractivity contribution in [3.63, 3.8) is 0 Å². The van der Waals surface area contributed by atoms with Gasteiger partial charge in [-0.25, -0.2) is 0 Å². The van der Waals surface area contributed by atoms with E-state index in [0.29, 0.717) is 32.8 Å². The van der Waals surface area contributed by atoms with Crippen LogP contribution in [0.15, 0.2) is 0 Å². The van der Waals surface area contributed by atoms with Gasteiger partial charge in [-0.15, -0.1) is 12.4 Å². The summed E-state index contributed by atoms with van der Waals surface area (Å²) < 4.78 is 11.4. The van der Waals surface area contributed by atoms with Crippen LogP contribution in [0, 0.1) is 5.92 Å². The SMILES string of the molecule is CC(OCC1CCCCO1)C(=O)N1CCCC(C(=O)NCCN)C1.Cl. The van der Waals surface area contributed by atoms with Gasteiger partial charge < -0.3 is 25.4 Å². The van der Waals surface area contributed by atoms with Gasteiger partial charge >= 0.3 is 0 Å². The number of likely N-dealkylation sites (tertiary alicyclic amines) is 1. The Morgan fingerprint density at radius 3 is 2.80 bits per heavy atom. The molecule has 0 aromatic rings. The van der Waals surface area contributed by atoms with Gasteiger partial charge in [0.25, 0.3) is 5.91 Å². The topological polar surface area (TPSA) is 93.9 Å². The fourth-order valence-electron chi connectivity index (χ4n) is 3.25. The standard InChI is InChI=1S/C17H31N3O4.ClH/c1-13(24-12-15-6-2-3-10-23-15)17(22)20-9-4-5-14(11-20)16(21)19-8-7-18;/h13-15H,2-12,18H2,1H3,(H,19,21);1H. The summed E-state index contributed by atoms with van der Waals surface area (Å²) >= 11 is 0. The molecule has 2 aliphatic rings. The van der Waals surface area contributed by atoms with Crippen LogP contribution in [0.1, 0.15) is 39.0 Å². The quantitative estimate of drug-likeness (QED) is 0.681. The zero-order valence-corrected chi connectivity index (χ0v) is 15.9. The second kappa shape index (κ2) is 11.7. The minimum absolute atomic E-state index is 0. The minimum Gasteiger partial charge on any atom is -0.376 e. The number of rotatable bonds is 7. The second-order valence-electron chi connectivity index (χ2n) is 6.67. The van der Waals surface area contributed by atoms with Crippen molar-refractivity contribution in [3.8, 4) is 0 Å². The summed E-state index contributed by atoms with van der Waals surface area (Å²) in [4.78, 5) is 26.4. The Bertz CT molecular complexity index is 419. The number of ether oxygens (including phenoxy) is 2. The Morgan fingerprint density at radius 1 is 1.32 bits per heavy atom. The smallest absolute Gasteiger partial charge is 0.251 e. The van der Waals surface area contributed by atoms with Gasteiger partial charge in [0.15, 0.2) is 0 Å². The summed E-state index contributed by atoms with van der Waals surface area (Å²) in [5, 5.41) is 2.81. The number of hydrogen-bond acceptors (Lipinski definition) is 5. The van der Waals surface area contributed by atoms with Crippen LogP contribution in [0.2, 0.25) is 0 Å². The van der Waals surface area contributed by atoms with E-state index < -0.39 is 6.10 Å². The number of nitrogens with one attached hydrogen (secondary N) is 1. The summed E-state index contributed by atoms with van der Waals surface area (Å²) in [5.74, 6) is -0.201. The lowest BCUT2D eigenvalue weighted by Gasteiger charge is -2.34. The van der Waals surface area contributed by atoms with E-state index in [9.17, 15) is 9.59 Å². The molecule has 0 aromatic carbocycles. The number of amides is 2. The highest BCUT2D eigenvalue weighted by Crippen LogP contribution is 2.19. The number of carbonyl (C=O) groups is 2. The van der Waals surface area contributed by atoms with Crippen LogP contribution in [-0.2, 0) is 19.1 Å². The second-order valence-corrected chi connectivity index (χ2v) is 6.67. The average Bonchev–Trinajstić information content (AvgIpc) is 2.64. The van der Waals surface area contributed by atoms with Crippen LogP contribution in [0.4, 0.5) is 0 Å². The third kappa shape index (κ3) is 7.09. The molecule has 2 rings (SSSR count). The van der Waals surface area contributed by atoms with Gasteiger partial charge in [-0.3, -0.25) is 9.59 Å². The number of piperidine rings is 1. The van der Waals surface area contributed by atoms with Gasteiger partial charge in [-0.1, -0.05) is 0 Å². The van der Waals surface area contributed by atoms with Crippen LogP contribution in [0.3, 0.4) is 0 Å². The molecule has 146 valence electrons. The maximum Gasteiger partial charge on any atom is 0.251 e. The highest BCUT2D eigenvalue weighted by molar-refractivity contribution is 5.85. The fourth-order valence-corrected chi connectivity index (χ4v) is 3.25. The van der Waals surface area contributed by atoms with Crippen LogP contribution in [0.5, 0.6) is 0 Å². The summed E-state index contributed by atoms with van der Waals surface area (Å²) in [5.41, 5.74) is 5.41. The predicted octanol–water partition coefficient (Wildman–Crippen LogP) is 0.696. The maximum absolute atomic E-state index is 12.6. The maximum atomic E-state index is 12.6. The Balaban J connectivity index is 0.00000312. The van der Waals surface area contributed by atoms with Crippen molar-refractivity contribution in [2.24, 2.45) is 11.7 Å². The van der Waals surface area contributed by atoms with Crippen LogP contribution in [0.25, 0.3) is 0 Å². The molecule has 2 aliphatic heterocycles. The van der Waals surface area contributed by atoms with Crippen LogP contribution < -0.4 is 11.1 Å². The Kier molecular flexibility index (Phi) is 10.3. The highest BCUT2D eigenvalue weighted by atomic mass is 35.5. The molecule has 0 radical (unpaired) electrons. The van der Waals surface area contributed by atoms with Crippen molar-refractivity contribution >= 4 is 24.2 Å². The van der Waals surface area contributed by atoms with Crippen LogP contribution in [-0.4, -0.2) is 68.3 Å². The molecule has 2 fully saturated rings. The predicted molar refractivity (Wildman–Crippen MR) is 97.6 cm³/mol. The number of nitrogens with two attached hydrogens (primary N) is 1. The molecule has 0 spiro atoms. The zero-order chi connectivity index (χ0) is 17.4. The van der Waals surface area contributed by atoms with E-state index in [1.165, 1.54) is 0 Å². The number of hydrogen-bond donors (Lipinski definition) is 2. The van der Waals surface area contributed by atoms with Crippen molar-refractivity contribution in [3.05, 3.63) is 0 Å². The lowest BCUT2D eigenvalue weighted by molar-refractivity contribution is -0.148. The monoisotopic (exact) mass is 377 g/mol. The average molecular weight is 378 g/mol. The molecule has 0 aromatic heterocycles. The Morgan fingerprint density at radius 2 is 2.12 bits per heavy atom. The third-order valence-electron chi connectivity index (χ3n) is 4.70. The van der Waals surface area contributed by atoms with Crippen molar-refractivity contribution in [1.29, 1.82) is 0 Å². The first-order chi connectivity index (χ1) is 11.6. The first kappa shape index (κ1) is 22.2. The van der Waals surface area contributed by atoms with Gasteiger partial charge in [0, 0.05) is 32.8 Å². The van der Waals surface area contributed by atoms with E-state index in [4.69, 9.17) is 15.2 Å². The van der Waals surface area contributed by atoms with E-state index in [2.05, 4.69) is 5.32 Å². The Labute approximate surface area is 156 Å². The molecule has 2 saturated heterocycles. The number of halogens is 1. The molecular weight excluding hydrogens is 346 g/mol. The number of nitrogens with zero attached hydrogens (tertiary/aromatic N) is 1. The van der Waals surface area contributed by atoms with Gasteiger partial charge in [-0.05, 0) is 39.0 Å². The van der Waals surface area contributed by atoms with Crippen molar-refractivity contribution in [1.82, 2.24) is 10.2 Å². The molecule has 25 heavy (non-hydrogen) atoms. The molecule has 3 N–H and O–H groups in total. The van der Waals surface area contributed by atoms with Crippen molar-refractivity contribution < 1.29 is 19.1 Å². The first-order valence-electron chi connectivity index (χ1n) is 9.11. The van der Waals surface area contributed by atoms with Gasteiger partial charge in [0.05, 0.1) is 18.6 Å². The highest BCUT2D eigenvalue weighted by Gasteiger charge is 2.31. The summed E-state index contributed by atoms with van der Waals surface area (Å²) in [6.07, 6.45) is 4.50. The first-order valence-corrected chi connectivity index (χ1v) is 9.11. The normalized spacial score (nSPS) is 25.0. The number of carbonyl (C=O) groups excluding carboxylic acids is 2. The molecule has 0 saturated carbocycles. The van der Waals surface area contributed by atoms with E-state index in [1.54, 1.807) is 11.8 Å². The summed E-state index contributed by atoms with van der Waals surface area (Å²) in [6.45, 7) is 5.07. The van der Waals surface area contributed by atoms with Crippen molar-refractivity contribution in [2.45, 2.75) is 51.2 Å². The summed E-state index contributed by atoms with van der Waals surface area (Å²) in [7, 11) is 0. The molecular formula is C17H32ClN3O4. The van der Waals surface area contributed by atoms with E-state index in [1.807, 2.05) is 0 Å². The van der Waals surface area contributed by atoms with Gasteiger partial charge in [0.1, 0.15) is 6.10 Å². The molecule has 2 heterocycles. The third-order valence-corrected chi connectivity index (χ3v) is 4.70. The fraction of sp³-hybridized carbons (Fsp3) is 0.882. The van der Waals surface area contributed by atoms with E-state index in [0.717, 1.165) is 38.7 Å². The molecule has 3 unspecified atom stereocenters. The van der Waals surface area contributed by atoms with Gasteiger partial charge in [0.2, 0.25) is 5.91 Å². The Hall–Kier alpha value is -0.890. The molecule has 7 nitrogen and oxygen atoms in total.